The molecule has 16 heavy (non-hydrogen) atoms. The van der Waals surface area contributed by atoms with Crippen LogP contribution in [0.1, 0.15) is 55.0 Å². The second-order valence-corrected chi connectivity index (χ2v) is 4.62. The van der Waals surface area contributed by atoms with Crippen molar-refractivity contribution >= 4 is 5.97 Å². The van der Waals surface area contributed by atoms with Gasteiger partial charge in [-0.25, -0.2) is 0 Å². The molecule has 0 spiro atoms. The quantitative estimate of drug-likeness (QED) is 0.825. The van der Waals surface area contributed by atoms with E-state index in [4.69, 9.17) is 5.11 Å². The molecule has 0 saturated heterocycles. The number of hydrogen-bond acceptors (Lipinski definition) is 2. The molecule has 4 nitrogen and oxygen atoms in total. The second-order valence-electron chi connectivity index (χ2n) is 4.62. The van der Waals surface area contributed by atoms with Crippen LogP contribution < -0.4 is 0 Å². The molecule has 0 unspecified atom stereocenters. The van der Waals surface area contributed by atoms with Gasteiger partial charge in [-0.3, -0.25) is 9.89 Å². The molecule has 1 aliphatic rings. The molecule has 0 aromatic carbocycles. The first-order valence-electron chi connectivity index (χ1n) is 5.94. The van der Waals surface area contributed by atoms with Gasteiger partial charge in [0, 0.05) is 11.6 Å². The third-order valence-electron chi connectivity index (χ3n) is 3.47. The van der Waals surface area contributed by atoms with E-state index in [-0.39, 0.29) is 6.42 Å². The average molecular weight is 222 g/mol. The van der Waals surface area contributed by atoms with Gasteiger partial charge in [-0.15, -0.1) is 0 Å². The van der Waals surface area contributed by atoms with E-state index < -0.39 is 5.97 Å². The van der Waals surface area contributed by atoms with Crippen molar-refractivity contribution in [2.45, 2.75) is 51.4 Å². The number of carbonyl (C=O) groups is 1. The molecule has 0 aliphatic heterocycles. The predicted molar refractivity (Wildman–Crippen MR) is 60.5 cm³/mol. The van der Waals surface area contributed by atoms with Crippen molar-refractivity contribution in [1.29, 1.82) is 0 Å². The first-order valence-corrected chi connectivity index (χ1v) is 5.94. The third kappa shape index (κ3) is 2.26. The fourth-order valence-corrected chi connectivity index (χ4v) is 2.55. The van der Waals surface area contributed by atoms with Crippen LogP contribution in [0.4, 0.5) is 0 Å². The maximum atomic E-state index is 10.7. The van der Waals surface area contributed by atoms with Crippen molar-refractivity contribution in [2.24, 2.45) is 0 Å². The Morgan fingerprint density at radius 3 is 2.75 bits per heavy atom. The molecule has 2 N–H and O–H groups in total. The lowest BCUT2D eigenvalue weighted by Gasteiger charge is -2.20. The SMILES string of the molecule is Cc1c(C2CCCCC2)n[nH]c1CC(=O)O. The van der Waals surface area contributed by atoms with Gasteiger partial charge in [-0.2, -0.15) is 5.10 Å². The molecule has 88 valence electrons. The normalized spacial score (nSPS) is 17.6. The molecular weight excluding hydrogens is 204 g/mol. The average Bonchev–Trinajstić information content (AvgIpc) is 2.61. The smallest absolute Gasteiger partial charge is 0.309 e. The van der Waals surface area contributed by atoms with Crippen LogP contribution in [0.15, 0.2) is 0 Å². The van der Waals surface area contributed by atoms with Gasteiger partial charge in [0.1, 0.15) is 0 Å². The number of nitrogens with zero attached hydrogens (tertiary/aromatic N) is 1. The molecular formula is C12H18N2O2. The van der Waals surface area contributed by atoms with Crippen molar-refractivity contribution in [3.05, 3.63) is 17.0 Å². The van der Waals surface area contributed by atoms with E-state index in [1.807, 2.05) is 6.92 Å². The van der Waals surface area contributed by atoms with Gasteiger partial charge in [0.05, 0.1) is 12.1 Å². The van der Waals surface area contributed by atoms with Gasteiger partial charge >= 0.3 is 5.97 Å². The molecule has 2 rings (SSSR count). The number of H-pyrrole nitrogens is 1. The van der Waals surface area contributed by atoms with Gasteiger partial charge in [-0.05, 0) is 25.3 Å². The Bertz CT molecular complexity index is 378. The van der Waals surface area contributed by atoms with Gasteiger partial charge in [0.25, 0.3) is 0 Å². The van der Waals surface area contributed by atoms with Crippen LogP contribution >= 0.6 is 0 Å². The van der Waals surface area contributed by atoms with E-state index in [0.717, 1.165) is 17.0 Å². The summed E-state index contributed by atoms with van der Waals surface area (Å²) in [5.74, 6) is -0.269. The lowest BCUT2D eigenvalue weighted by Crippen LogP contribution is -2.06. The zero-order chi connectivity index (χ0) is 11.5. The van der Waals surface area contributed by atoms with E-state index in [1.54, 1.807) is 0 Å². The third-order valence-corrected chi connectivity index (χ3v) is 3.47. The lowest BCUT2D eigenvalue weighted by atomic mass is 9.85. The van der Waals surface area contributed by atoms with Crippen molar-refractivity contribution in [3.8, 4) is 0 Å². The maximum absolute atomic E-state index is 10.7. The largest absolute Gasteiger partial charge is 0.481 e. The van der Waals surface area contributed by atoms with E-state index in [1.165, 1.54) is 32.1 Å². The molecule has 1 aromatic heterocycles. The molecule has 0 bridgehead atoms. The summed E-state index contributed by atoms with van der Waals surface area (Å²) in [5, 5.41) is 15.9. The molecule has 0 radical (unpaired) electrons. The summed E-state index contributed by atoms with van der Waals surface area (Å²) in [6.45, 7) is 1.98. The second kappa shape index (κ2) is 4.68. The first-order chi connectivity index (χ1) is 7.68. The molecule has 1 aromatic rings. The van der Waals surface area contributed by atoms with Gasteiger partial charge in [0.15, 0.2) is 0 Å². The van der Waals surface area contributed by atoms with Crippen LogP contribution in [0.5, 0.6) is 0 Å². The highest BCUT2D eigenvalue weighted by Crippen LogP contribution is 2.33. The highest BCUT2D eigenvalue weighted by molar-refractivity contribution is 5.70. The van der Waals surface area contributed by atoms with Crippen molar-refractivity contribution in [3.63, 3.8) is 0 Å². The van der Waals surface area contributed by atoms with Crippen molar-refractivity contribution in [2.75, 3.05) is 0 Å². The van der Waals surface area contributed by atoms with E-state index in [0.29, 0.717) is 5.92 Å². The summed E-state index contributed by atoms with van der Waals surface area (Å²) in [5.41, 5.74) is 2.90. The van der Waals surface area contributed by atoms with E-state index in [2.05, 4.69) is 10.2 Å². The Morgan fingerprint density at radius 2 is 2.12 bits per heavy atom. The van der Waals surface area contributed by atoms with Gasteiger partial charge in [0.2, 0.25) is 0 Å². The molecule has 1 fully saturated rings. The number of carboxylic acids is 1. The Morgan fingerprint density at radius 1 is 1.44 bits per heavy atom. The Balaban J connectivity index is 2.15. The highest BCUT2D eigenvalue weighted by atomic mass is 16.4. The molecule has 4 heteroatoms. The summed E-state index contributed by atoms with van der Waals surface area (Å²) in [7, 11) is 0. The van der Waals surface area contributed by atoms with Crippen LogP contribution in [0, 0.1) is 6.92 Å². The van der Waals surface area contributed by atoms with Crippen LogP contribution in [0.25, 0.3) is 0 Å². The molecule has 1 heterocycles. The van der Waals surface area contributed by atoms with Gasteiger partial charge < -0.3 is 5.11 Å². The Labute approximate surface area is 95.1 Å². The number of aromatic amines is 1. The fraction of sp³-hybridized carbons (Fsp3) is 0.667. The summed E-state index contributed by atoms with van der Waals surface area (Å²) >= 11 is 0. The maximum Gasteiger partial charge on any atom is 0.309 e. The number of aromatic nitrogens is 2. The topological polar surface area (TPSA) is 66.0 Å². The zero-order valence-electron chi connectivity index (χ0n) is 9.62. The minimum Gasteiger partial charge on any atom is -0.481 e. The number of aliphatic carboxylic acids is 1. The number of nitrogens with one attached hydrogen (secondary N) is 1. The van der Waals surface area contributed by atoms with E-state index in [9.17, 15) is 4.79 Å². The number of rotatable bonds is 3. The van der Waals surface area contributed by atoms with Crippen LogP contribution in [-0.4, -0.2) is 21.3 Å². The number of carboxylic acid groups (broad SMARTS) is 1. The molecule has 1 saturated carbocycles. The monoisotopic (exact) mass is 222 g/mol. The van der Waals surface area contributed by atoms with Crippen molar-refractivity contribution < 1.29 is 9.90 Å². The van der Waals surface area contributed by atoms with Crippen LogP contribution in [-0.2, 0) is 11.2 Å². The lowest BCUT2D eigenvalue weighted by molar-refractivity contribution is -0.136. The van der Waals surface area contributed by atoms with E-state index >= 15 is 0 Å². The minimum absolute atomic E-state index is 0.0472. The van der Waals surface area contributed by atoms with Crippen LogP contribution in [0.3, 0.4) is 0 Å². The van der Waals surface area contributed by atoms with Crippen LogP contribution in [0.2, 0.25) is 0 Å². The highest BCUT2D eigenvalue weighted by Gasteiger charge is 2.21. The summed E-state index contributed by atoms with van der Waals surface area (Å²) < 4.78 is 0. The molecule has 1 aliphatic carbocycles. The summed E-state index contributed by atoms with van der Waals surface area (Å²) in [4.78, 5) is 10.7. The zero-order valence-corrected chi connectivity index (χ0v) is 9.62. The molecule has 0 amide bonds. The van der Waals surface area contributed by atoms with Crippen molar-refractivity contribution in [1.82, 2.24) is 10.2 Å². The van der Waals surface area contributed by atoms with Gasteiger partial charge in [-0.1, -0.05) is 19.3 Å². The Kier molecular flexibility index (Phi) is 3.27. The number of hydrogen-bond donors (Lipinski definition) is 2. The summed E-state index contributed by atoms with van der Waals surface area (Å²) in [6, 6.07) is 0. The minimum atomic E-state index is -0.804. The first kappa shape index (κ1) is 11.2. The Hall–Kier alpha value is -1.32. The summed E-state index contributed by atoms with van der Waals surface area (Å²) in [6.07, 6.45) is 6.29. The molecule has 0 atom stereocenters. The fourth-order valence-electron chi connectivity index (χ4n) is 2.55. The predicted octanol–water partition coefficient (Wildman–Crippen LogP) is 2.39. The standard InChI is InChI=1S/C12H18N2O2/c1-8-10(7-11(15)16)13-14-12(8)9-5-3-2-4-6-9/h9H,2-7H2,1H3,(H,13,14)(H,15,16).